The molecule has 1 heterocycles. The molecule has 1 aliphatic heterocycles. The third kappa shape index (κ3) is 2.57. The molecule has 20 heavy (non-hydrogen) atoms. The fourth-order valence-electron chi connectivity index (χ4n) is 2.31. The second kappa shape index (κ2) is 5.86. The summed E-state index contributed by atoms with van der Waals surface area (Å²) in [6, 6.07) is 6.45. The van der Waals surface area contributed by atoms with Gasteiger partial charge in [0.25, 0.3) is 0 Å². The van der Waals surface area contributed by atoms with Gasteiger partial charge in [-0.3, -0.25) is 10.1 Å². The molecule has 0 saturated carbocycles. The van der Waals surface area contributed by atoms with Crippen LogP contribution in [0.15, 0.2) is 18.2 Å². The smallest absolute Gasteiger partial charge is 0.310 e. The van der Waals surface area contributed by atoms with E-state index in [1.54, 1.807) is 12.1 Å². The molecular formula is C13H15N3O4. The SMILES string of the molecule is CC1COC(CO)CN1c1cccc(C#N)c1[N+](=O)[O-]. The first-order chi connectivity index (χ1) is 9.58. The molecule has 0 amide bonds. The van der Waals surface area contributed by atoms with E-state index in [0.29, 0.717) is 18.8 Å². The van der Waals surface area contributed by atoms with Crippen LogP contribution in [0.25, 0.3) is 0 Å². The average molecular weight is 277 g/mol. The van der Waals surface area contributed by atoms with Gasteiger partial charge in [0.15, 0.2) is 0 Å². The lowest BCUT2D eigenvalue weighted by Crippen LogP contribution is -2.49. The minimum atomic E-state index is -0.538. The number of anilines is 1. The van der Waals surface area contributed by atoms with E-state index < -0.39 is 4.92 Å². The highest BCUT2D eigenvalue weighted by Gasteiger charge is 2.31. The van der Waals surface area contributed by atoms with Crippen molar-refractivity contribution in [3.05, 3.63) is 33.9 Å². The van der Waals surface area contributed by atoms with E-state index in [-0.39, 0.29) is 30.0 Å². The van der Waals surface area contributed by atoms with Crippen LogP contribution >= 0.6 is 0 Å². The maximum absolute atomic E-state index is 11.2. The Morgan fingerprint density at radius 2 is 2.40 bits per heavy atom. The van der Waals surface area contributed by atoms with Crippen molar-refractivity contribution in [2.45, 2.75) is 19.1 Å². The zero-order valence-corrected chi connectivity index (χ0v) is 11.0. The van der Waals surface area contributed by atoms with Gasteiger partial charge in [0.2, 0.25) is 0 Å². The summed E-state index contributed by atoms with van der Waals surface area (Å²) in [5.74, 6) is 0. The second-order valence-electron chi connectivity index (χ2n) is 4.68. The summed E-state index contributed by atoms with van der Waals surface area (Å²) < 4.78 is 5.42. The van der Waals surface area contributed by atoms with Gasteiger partial charge in [-0.2, -0.15) is 5.26 Å². The van der Waals surface area contributed by atoms with Crippen molar-refractivity contribution in [3.8, 4) is 6.07 Å². The molecule has 2 rings (SSSR count). The molecule has 0 aliphatic carbocycles. The number of nitro groups is 1. The Kier molecular flexibility index (Phi) is 4.17. The van der Waals surface area contributed by atoms with Crippen molar-refractivity contribution in [1.82, 2.24) is 0 Å². The molecule has 2 atom stereocenters. The molecule has 0 aromatic heterocycles. The number of para-hydroxylation sites is 1. The molecule has 1 aromatic carbocycles. The average Bonchev–Trinajstić information content (AvgIpc) is 2.46. The van der Waals surface area contributed by atoms with E-state index >= 15 is 0 Å². The fraction of sp³-hybridized carbons (Fsp3) is 0.462. The summed E-state index contributed by atoms with van der Waals surface area (Å²) in [7, 11) is 0. The number of hydrogen-bond acceptors (Lipinski definition) is 6. The molecule has 7 heteroatoms. The third-order valence-electron chi connectivity index (χ3n) is 3.34. The molecule has 0 radical (unpaired) electrons. The van der Waals surface area contributed by atoms with E-state index in [0.717, 1.165) is 0 Å². The lowest BCUT2D eigenvalue weighted by molar-refractivity contribution is -0.384. The summed E-state index contributed by atoms with van der Waals surface area (Å²) >= 11 is 0. The predicted molar refractivity (Wildman–Crippen MR) is 71.4 cm³/mol. The van der Waals surface area contributed by atoms with Crippen molar-refractivity contribution < 1.29 is 14.8 Å². The Morgan fingerprint density at radius 3 is 3.00 bits per heavy atom. The minimum absolute atomic E-state index is 0.0340. The first-order valence-corrected chi connectivity index (χ1v) is 6.25. The number of ether oxygens (including phenoxy) is 1. The van der Waals surface area contributed by atoms with Gasteiger partial charge in [-0.05, 0) is 19.1 Å². The maximum atomic E-state index is 11.2. The highest BCUT2D eigenvalue weighted by atomic mass is 16.6. The van der Waals surface area contributed by atoms with E-state index in [1.165, 1.54) is 6.07 Å². The number of benzene rings is 1. The standard InChI is InChI=1S/C13H15N3O4/c1-9-8-20-11(7-17)6-15(9)12-4-2-3-10(5-14)13(12)16(18)19/h2-4,9,11,17H,6-8H2,1H3. The zero-order chi connectivity index (χ0) is 14.7. The van der Waals surface area contributed by atoms with Crippen LogP contribution in [0.2, 0.25) is 0 Å². The van der Waals surface area contributed by atoms with E-state index in [4.69, 9.17) is 10.00 Å². The Hall–Kier alpha value is -2.17. The second-order valence-corrected chi connectivity index (χ2v) is 4.68. The highest BCUT2D eigenvalue weighted by Crippen LogP contribution is 2.34. The number of nitrogens with zero attached hydrogens (tertiary/aromatic N) is 3. The Balaban J connectivity index is 2.46. The molecule has 1 fully saturated rings. The minimum Gasteiger partial charge on any atom is -0.394 e. The summed E-state index contributed by atoms with van der Waals surface area (Å²) in [5.41, 5.74) is 0.232. The molecule has 0 bridgehead atoms. The van der Waals surface area contributed by atoms with Gasteiger partial charge in [-0.25, -0.2) is 0 Å². The van der Waals surface area contributed by atoms with Gasteiger partial charge < -0.3 is 14.7 Å². The van der Waals surface area contributed by atoms with Gasteiger partial charge in [-0.1, -0.05) is 6.07 Å². The van der Waals surface area contributed by atoms with Gasteiger partial charge in [-0.15, -0.1) is 0 Å². The van der Waals surface area contributed by atoms with Gasteiger partial charge in [0, 0.05) is 12.6 Å². The molecule has 1 aliphatic rings. The summed E-state index contributed by atoms with van der Waals surface area (Å²) in [6.45, 7) is 2.47. The van der Waals surface area contributed by atoms with Crippen molar-refractivity contribution >= 4 is 11.4 Å². The van der Waals surface area contributed by atoms with Gasteiger partial charge in [0.1, 0.15) is 17.3 Å². The number of nitriles is 1. The number of morpholine rings is 1. The van der Waals surface area contributed by atoms with Crippen LogP contribution in [0.4, 0.5) is 11.4 Å². The number of nitro benzene ring substituents is 1. The fourth-order valence-corrected chi connectivity index (χ4v) is 2.31. The van der Waals surface area contributed by atoms with Crippen LogP contribution in [-0.4, -0.2) is 41.9 Å². The van der Waals surface area contributed by atoms with Crippen molar-refractivity contribution in [2.75, 3.05) is 24.7 Å². The van der Waals surface area contributed by atoms with Crippen LogP contribution in [-0.2, 0) is 4.74 Å². The lowest BCUT2D eigenvalue weighted by Gasteiger charge is -2.38. The normalized spacial score (nSPS) is 22.4. The molecule has 7 nitrogen and oxygen atoms in total. The monoisotopic (exact) mass is 277 g/mol. The van der Waals surface area contributed by atoms with Crippen molar-refractivity contribution in [2.24, 2.45) is 0 Å². The molecule has 2 unspecified atom stereocenters. The highest BCUT2D eigenvalue weighted by molar-refractivity contribution is 5.70. The zero-order valence-electron chi connectivity index (χ0n) is 11.0. The number of rotatable bonds is 3. The molecule has 1 aromatic rings. The number of aliphatic hydroxyl groups is 1. The molecule has 1 N–H and O–H groups in total. The van der Waals surface area contributed by atoms with Crippen LogP contribution in [0.5, 0.6) is 0 Å². The molecule has 0 spiro atoms. The van der Waals surface area contributed by atoms with Crippen LogP contribution in [0.1, 0.15) is 12.5 Å². The maximum Gasteiger partial charge on any atom is 0.310 e. The van der Waals surface area contributed by atoms with E-state index in [2.05, 4.69) is 0 Å². The summed E-state index contributed by atoms with van der Waals surface area (Å²) in [4.78, 5) is 12.5. The largest absolute Gasteiger partial charge is 0.394 e. The first kappa shape index (κ1) is 14.2. The quantitative estimate of drug-likeness (QED) is 0.655. The van der Waals surface area contributed by atoms with Crippen LogP contribution in [0, 0.1) is 21.4 Å². The van der Waals surface area contributed by atoms with E-state index in [9.17, 15) is 15.2 Å². The van der Waals surface area contributed by atoms with Crippen LogP contribution < -0.4 is 4.90 Å². The van der Waals surface area contributed by atoms with E-state index in [1.807, 2.05) is 17.9 Å². The summed E-state index contributed by atoms with van der Waals surface area (Å²) in [6.07, 6.45) is -0.378. The Bertz CT molecular complexity index is 555. The lowest BCUT2D eigenvalue weighted by atomic mass is 10.1. The van der Waals surface area contributed by atoms with Crippen molar-refractivity contribution in [1.29, 1.82) is 5.26 Å². The molecule has 1 saturated heterocycles. The van der Waals surface area contributed by atoms with Gasteiger partial charge in [0.05, 0.1) is 24.2 Å². The van der Waals surface area contributed by atoms with Crippen molar-refractivity contribution in [3.63, 3.8) is 0 Å². The van der Waals surface area contributed by atoms with Gasteiger partial charge >= 0.3 is 5.69 Å². The number of hydrogen-bond donors (Lipinski definition) is 1. The predicted octanol–water partition coefficient (Wildman–Crippen LogP) is 1.05. The van der Waals surface area contributed by atoms with Crippen LogP contribution in [0.3, 0.4) is 0 Å². The first-order valence-electron chi connectivity index (χ1n) is 6.25. The third-order valence-corrected chi connectivity index (χ3v) is 3.34. The molecule has 106 valence electrons. The Labute approximate surface area is 116 Å². The number of aliphatic hydroxyl groups excluding tert-OH is 1. The topological polar surface area (TPSA) is 99.6 Å². The summed E-state index contributed by atoms with van der Waals surface area (Å²) in [5, 5.41) is 29.4. The molecular weight excluding hydrogens is 262 g/mol. The Morgan fingerprint density at radius 1 is 1.65 bits per heavy atom.